The first-order valence-electron chi connectivity index (χ1n) is 7.36. The van der Waals surface area contributed by atoms with Gasteiger partial charge < -0.3 is 10.2 Å². The molecule has 2 rings (SSSR count). The van der Waals surface area contributed by atoms with Crippen LogP contribution in [0.4, 0.5) is 5.69 Å². The van der Waals surface area contributed by atoms with Crippen LogP contribution < -0.4 is 10.2 Å². The predicted molar refractivity (Wildman–Crippen MR) is 84.3 cm³/mol. The third-order valence-corrected chi connectivity index (χ3v) is 4.51. The molecule has 0 spiro atoms. The van der Waals surface area contributed by atoms with E-state index in [9.17, 15) is 0 Å². The summed E-state index contributed by atoms with van der Waals surface area (Å²) in [6, 6.07) is 6.94. The van der Waals surface area contributed by atoms with Gasteiger partial charge in [-0.3, -0.25) is 0 Å². The van der Waals surface area contributed by atoms with Crippen molar-refractivity contribution in [2.45, 2.75) is 39.7 Å². The summed E-state index contributed by atoms with van der Waals surface area (Å²) in [7, 11) is 0. The van der Waals surface area contributed by atoms with E-state index in [1.54, 1.807) is 0 Å². The number of rotatable bonds is 3. The minimum atomic E-state index is 0.560. The van der Waals surface area contributed by atoms with Gasteiger partial charge in [0.15, 0.2) is 0 Å². The molecule has 1 aliphatic heterocycles. The standard InChI is InChI=1S/C16H25ClN2/c1-4-13(3)15-11-19(9-5-8-18-15)16-7-6-12(2)10-14(16)17/h6-7,10,13,15,18H,4-5,8-9,11H2,1-3H3. The first-order chi connectivity index (χ1) is 9.11. The number of anilines is 1. The van der Waals surface area contributed by atoms with E-state index in [4.69, 9.17) is 11.6 Å². The van der Waals surface area contributed by atoms with Crippen molar-refractivity contribution in [3.8, 4) is 0 Å². The molecule has 0 bridgehead atoms. The molecular formula is C16H25ClN2. The second-order valence-electron chi connectivity index (χ2n) is 5.70. The molecule has 1 heterocycles. The fraction of sp³-hybridized carbons (Fsp3) is 0.625. The third-order valence-electron chi connectivity index (χ3n) is 4.20. The van der Waals surface area contributed by atoms with Crippen molar-refractivity contribution < 1.29 is 0 Å². The molecule has 0 amide bonds. The second-order valence-corrected chi connectivity index (χ2v) is 6.11. The minimum absolute atomic E-state index is 0.560. The Morgan fingerprint density at radius 2 is 2.26 bits per heavy atom. The Bertz CT molecular complexity index is 419. The molecule has 1 aliphatic rings. The van der Waals surface area contributed by atoms with Gasteiger partial charge in [0.1, 0.15) is 0 Å². The van der Waals surface area contributed by atoms with E-state index in [1.165, 1.54) is 24.1 Å². The minimum Gasteiger partial charge on any atom is -0.369 e. The summed E-state index contributed by atoms with van der Waals surface area (Å²) in [6.07, 6.45) is 2.39. The molecule has 2 unspecified atom stereocenters. The Labute approximate surface area is 122 Å². The fourth-order valence-corrected chi connectivity index (χ4v) is 3.06. The summed E-state index contributed by atoms with van der Waals surface area (Å²) in [5, 5.41) is 4.56. The van der Waals surface area contributed by atoms with Crippen LogP contribution in [-0.2, 0) is 0 Å². The molecule has 1 aromatic carbocycles. The number of hydrogen-bond acceptors (Lipinski definition) is 2. The molecule has 2 atom stereocenters. The molecule has 0 aromatic heterocycles. The van der Waals surface area contributed by atoms with E-state index in [0.717, 1.165) is 24.7 Å². The maximum absolute atomic E-state index is 6.42. The normalized spacial score (nSPS) is 22.1. The van der Waals surface area contributed by atoms with Crippen LogP contribution >= 0.6 is 11.6 Å². The van der Waals surface area contributed by atoms with Crippen molar-refractivity contribution in [1.82, 2.24) is 5.32 Å². The summed E-state index contributed by atoms with van der Waals surface area (Å²) < 4.78 is 0. The number of aryl methyl sites for hydroxylation is 1. The molecule has 0 radical (unpaired) electrons. The third kappa shape index (κ3) is 3.64. The Morgan fingerprint density at radius 1 is 1.47 bits per heavy atom. The summed E-state index contributed by atoms with van der Waals surface area (Å²) in [6.45, 7) is 9.93. The number of nitrogens with one attached hydrogen (secondary N) is 1. The van der Waals surface area contributed by atoms with Gasteiger partial charge in [-0.15, -0.1) is 0 Å². The maximum atomic E-state index is 6.42. The van der Waals surface area contributed by atoms with Crippen LogP contribution in [0.15, 0.2) is 18.2 Å². The van der Waals surface area contributed by atoms with Gasteiger partial charge in [0, 0.05) is 19.1 Å². The quantitative estimate of drug-likeness (QED) is 0.904. The van der Waals surface area contributed by atoms with Gasteiger partial charge in [-0.25, -0.2) is 0 Å². The highest BCUT2D eigenvalue weighted by atomic mass is 35.5. The van der Waals surface area contributed by atoms with E-state index in [0.29, 0.717) is 12.0 Å². The van der Waals surface area contributed by atoms with Crippen LogP contribution in [0.25, 0.3) is 0 Å². The van der Waals surface area contributed by atoms with Crippen LogP contribution in [0.5, 0.6) is 0 Å². The van der Waals surface area contributed by atoms with Gasteiger partial charge in [0.25, 0.3) is 0 Å². The van der Waals surface area contributed by atoms with E-state index >= 15 is 0 Å². The van der Waals surface area contributed by atoms with E-state index in [2.05, 4.69) is 49.2 Å². The number of halogens is 1. The molecule has 3 heteroatoms. The summed E-state index contributed by atoms with van der Waals surface area (Å²) >= 11 is 6.42. The number of benzene rings is 1. The van der Waals surface area contributed by atoms with E-state index in [-0.39, 0.29) is 0 Å². The topological polar surface area (TPSA) is 15.3 Å². The predicted octanol–water partition coefficient (Wildman–Crippen LogP) is 3.86. The summed E-state index contributed by atoms with van der Waals surface area (Å²) in [4.78, 5) is 2.44. The molecule has 19 heavy (non-hydrogen) atoms. The Hall–Kier alpha value is -0.730. The van der Waals surface area contributed by atoms with E-state index < -0.39 is 0 Å². The zero-order chi connectivity index (χ0) is 13.8. The molecule has 106 valence electrons. The lowest BCUT2D eigenvalue weighted by Gasteiger charge is -2.30. The molecular weight excluding hydrogens is 256 g/mol. The molecule has 0 saturated carbocycles. The van der Waals surface area contributed by atoms with Gasteiger partial charge in [0.2, 0.25) is 0 Å². The van der Waals surface area contributed by atoms with Crippen LogP contribution in [0, 0.1) is 12.8 Å². The zero-order valence-electron chi connectivity index (χ0n) is 12.2. The zero-order valence-corrected chi connectivity index (χ0v) is 13.0. The van der Waals surface area contributed by atoms with Crippen LogP contribution in [0.3, 0.4) is 0 Å². The van der Waals surface area contributed by atoms with Crippen molar-refractivity contribution in [3.63, 3.8) is 0 Å². The maximum Gasteiger partial charge on any atom is 0.0642 e. The van der Waals surface area contributed by atoms with Crippen molar-refractivity contribution in [2.24, 2.45) is 5.92 Å². The summed E-state index contributed by atoms with van der Waals surface area (Å²) in [5.74, 6) is 0.699. The first-order valence-corrected chi connectivity index (χ1v) is 7.74. The lowest BCUT2D eigenvalue weighted by Crippen LogP contribution is -2.42. The lowest BCUT2D eigenvalue weighted by atomic mass is 9.99. The highest BCUT2D eigenvalue weighted by molar-refractivity contribution is 6.33. The second kappa shape index (κ2) is 6.62. The fourth-order valence-electron chi connectivity index (χ4n) is 2.70. The molecule has 0 aliphatic carbocycles. The van der Waals surface area contributed by atoms with Crippen molar-refractivity contribution in [3.05, 3.63) is 28.8 Å². The Balaban J connectivity index is 2.17. The average Bonchev–Trinajstić information content (AvgIpc) is 2.63. The molecule has 1 aromatic rings. The average molecular weight is 281 g/mol. The SMILES string of the molecule is CCC(C)C1CN(c2ccc(C)cc2Cl)CCCN1. The summed E-state index contributed by atoms with van der Waals surface area (Å²) in [5.41, 5.74) is 2.41. The molecule has 1 saturated heterocycles. The van der Waals surface area contributed by atoms with Crippen molar-refractivity contribution in [1.29, 1.82) is 0 Å². The van der Waals surface area contributed by atoms with Crippen LogP contribution in [-0.4, -0.2) is 25.7 Å². The Morgan fingerprint density at radius 3 is 2.95 bits per heavy atom. The van der Waals surface area contributed by atoms with Gasteiger partial charge >= 0.3 is 0 Å². The largest absolute Gasteiger partial charge is 0.369 e. The van der Waals surface area contributed by atoms with E-state index in [1.807, 2.05) is 0 Å². The highest BCUT2D eigenvalue weighted by Crippen LogP contribution is 2.28. The van der Waals surface area contributed by atoms with Gasteiger partial charge in [-0.05, 0) is 43.5 Å². The number of nitrogens with zero attached hydrogens (tertiary/aromatic N) is 1. The van der Waals surface area contributed by atoms with Crippen molar-refractivity contribution >= 4 is 17.3 Å². The lowest BCUT2D eigenvalue weighted by molar-refractivity contribution is 0.384. The molecule has 2 nitrogen and oxygen atoms in total. The van der Waals surface area contributed by atoms with Crippen LogP contribution in [0.2, 0.25) is 5.02 Å². The molecule has 1 N–H and O–H groups in total. The van der Waals surface area contributed by atoms with Crippen LogP contribution in [0.1, 0.15) is 32.3 Å². The number of hydrogen-bond donors (Lipinski definition) is 1. The van der Waals surface area contributed by atoms with Gasteiger partial charge in [-0.2, -0.15) is 0 Å². The molecule has 1 fully saturated rings. The van der Waals surface area contributed by atoms with Gasteiger partial charge in [0.05, 0.1) is 10.7 Å². The van der Waals surface area contributed by atoms with Gasteiger partial charge in [-0.1, -0.05) is 37.9 Å². The monoisotopic (exact) mass is 280 g/mol. The highest BCUT2D eigenvalue weighted by Gasteiger charge is 2.22. The Kier molecular flexibility index (Phi) is 5.12. The van der Waals surface area contributed by atoms with Crippen molar-refractivity contribution in [2.75, 3.05) is 24.5 Å². The first kappa shape index (κ1) is 14.7. The smallest absolute Gasteiger partial charge is 0.0642 e.